The van der Waals surface area contributed by atoms with Gasteiger partial charge < -0.3 is 27.9 Å². The molecule has 0 radical (unpaired) electrons. The summed E-state index contributed by atoms with van der Waals surface area (Å²) in [6.07, 6.45) is 115. The summed E-state index contributed by atoms with van der Waals surface area (Å²) >= 11 is 0. The molecule has 0 amide bonds. The van der Waals surface area contributed by atoms with E-state index in [0.29, 0.717) is 17.4 Å². The molecule has 0 saturated heterocycles. The number of nitrogens with zero attached hydrogens (tertiary/aromatic N) is 1. The molecule has 0 aliphatic rings. The topological polar surface area (TPSA) is 111 Å². The molecule has 0 saturated carbocycles. The van der Waals surface area contributed by atoms with E-state index in [2.05, 4.69) is 172 Å². The Morgan fingerprint density at radius 3 is 0.888 bits per heavy atom. The first-order valence-electron chi connectivity index (χ1n) is 40.2. The summed E-state index contributed by atoms with van der Waals surface area (Å²) in [6, 6.07) is 0. The van der Waals surface area contributed by atoms with Crippen LogP contribution in [0.2, 0.25) is 0 Å². The third-order valence-corrected chi connectivity index (χ3v) is 18.0. The molecular weight excluding hydrogens is 1230 g/mol. The quantitative estimate of drug-likeness (QED) is 0.0195. The van der Waals surface area contributed by atoms with Crippen LogP contribution in [-0.4, -0.2) is 70.0 Å². The summed E-state index contributed by atoms with van der Waals surface area (Å²) in [5, 5.41) is 0. The number of unbranched alkanes of at least 4 members (excludes halogenated alkanes) is 33. The van der Waals surface area contributed by atoms with Gasteiger partial charge in [-0.1, -0.05) is 352 Å². The van der Waals surface area contributed by atoms with Gasteiger partial charge >= 0.3 is 11.9 Å². The van der Waals surface area contributed by atoms with Crippen LogP contribution in [0.1, 0.15) is 335 Å². The molecule has 0 rings (SSSR count). The van der Waals surface area contributed by atoms with Crippen molar-refractivity contribution in [3.8, 4) is 0 Å². The van der Waals surface area contributed by atoms with Crippen molar-refractivity contribution in [1.29, 1.82) is 0 Å². The van der Waals surface area contributed by atoms with Crippen LogP contribution in [-0.2, 0) is 32.7 Å². The van der Waals surface area contributed by atoms with Gasteiger partial charge in [0.05, 0.1) is 27.7 Å². The molecule has 0 aromatic carbocycles. The van der Waals surface area contributed by atoms with Gasteiger partial charge in [0.1, 0.15) is 19.8 Å². The molecule has 10 heteroatoms. The first-order valence-corrected chi connectivity index (χ1v) is 41.7. The Morgan fingerprint density at radius 1 is 0.327 bits per heavy atom. The van der Waals surface area contributed by atoms with Gasteiger partial charge in [-0.25, -0.2) is 0 Å². The van der Waals surface area contributed by atoms with Gasteiger partial charge in [-0.15, -0.1) is 0 Å². The number of carbonyl (C=O) groups excluding carboxylic acids is 2. The van der Waals surface area contributed by atoms with Crippen molar-refractivity contribution in [3.63, 3.8) is 0 Å². The van der Waals surface area contributed by atoms with Crippen molar-refractivity contribution >= 4 is 19.8 Å². The maximum atomic E-state index is 12.9. The first-order chi connectivity index (χ1) is 48.0. The first kappa shape index (κ1) is 93.6. The monoisotopic (exact) mass is 1380 g/mol. The minimum atomic E-state index is -4.67. The van der Waals surface area contributed by atoms with E-state index < -0.39 is 32.5 Å². The molecule has 2 unspecified atom stereocenters. The molecule has 2 atom stereocenters. The lowest BCUT2D eigenvalue weighted by Gasteiger charge is -2.28. The number of hydrogen-bond donors (Lipinski definition) is 0. The van der Waals surface area contributed by atoms with E-state index >= 15 is 0 Å². The van der Waals surface area contributed by atoms with Crippen molar-refractivity contribution in [1.82, 2.24) is 0 Å². The van der Waals surface area contributed by atoms with Gasteiger partial charge in [0.25, 0.3) is 7.82 Å². The second-order valence-electron chi connectivity index (χ2n) is 27.7. The number of hydrogen-bond acceptors (Lipinski definition) is 8. The number of likely N-dealkylation sites (N-methyl/N-ethyl adjacent to an activating group) is 1. The second kappa shape index (κ2) is 76.8. The van der Waals surface area contributed by atoms with E-state index in [1.54, 1.807) is 0 Å². The van der Waals surface area contributed by atoms with Crippen molar-refractivity contribution in [2.75, 3.05) is 47.5 Å². The largest absolute Gasteiger partial charge is 0.756 e. The van der Waals surface area contributed by atoms with Gasteiger partial charge in [-0.05, 0) is 128 Å². The fourth-order valence-electron chi connectivity index (χ4n) is 10.9. The fraction of sp³-hybridized carbons (Fsp3) is 0.682. The van der Waals surface area contributed by atoms with Crippen LogP contribution in [0.3, 0.4) is 0 Å². The molecule has 0 aromatic heterocycles. The fourth-order valence-corrected chi connectivity index (χ4v) is 11.7. The van der Waals surface area contributed by atoms with Crippen molar-refractivity contribution in [2.45, 2.75) is 341 Å². The molecular formula is C88H150NO8P. The Balaban J connectivity index is 4.03. The van der Waals surface area contributed by atoms with E-state index in [1.165, 1.54) is 193 Å². The van der Waals surface area contributed by atoms with Crippen LogP contribution in [0.5, 0.6) is 0 Å². The zero-order valence-corrected chi connectivity index (χ0v) is 64.8. The molecule has 0 heterocycles. The highest BCUT2D eigenvalue weighted by Gasteiger charge is 2.22. The number of carbonyl (C=O) groups is 2. The average molecular weight is 1380 g/mol. The summed E-state index contributed by atoms with van der Waals surface area (Å²) in [6.45, 7) is 4.08. The predicted molar refractivity (Wildman–Crippen MR) is 424 cm³/mol. The summed E-state index contributed by atoms with van der Waals surface area (Å²) in [5.74, 6) is -0.884. The summed E-state index contributed by atoms with van der Waals surface area (Å²) in [5.41, 5.74) is 0. The Hall–Kier alpha value is -4.37. The highest BCUT2D eigenvalue weighted by molar-refractivity contribution is 7.45. The van der Waals surface area contributed by atoms with Crippen LogP contribution in [0.25, 0.3) is 0 Å². The lowest BCUT2D eigenvalue weighted by molar-refractivity contribution is -0.870. The van der Waals surface area contributed by atoms with E-state index in [0.717, 1.165) is 109 Å². The highest BCUT2D eigenvalue weighted by atomic mass is 31.2. The number of phosphoric ester groups is 1. The predicted octanol–water partition coefficient (Wildman–Crippen LogP) is 26.4. The summed E-state index contributed by atoms with van der Waals surface area (Å²) in [4.78, 5) is 38.1. The van der Waals surface area contributed by atoms with Crippen molar-refractivity contribution in [2.24, 2.45) is 0 Å². The van der Waals surface area contributed by atoms with Gasteiger partial charge in [0, 0.05) is 12.8 Å². The molecule has 0 aliphatic heterocycles. The van der Waals surface area contributed by atoms with Crippen LogP contribution < -0.4 is 4.89 Å². The van der Waals surface area contributed by atoms with E-state index in [4.69, 9.17) is 18.5 Å². The zero-order valence-electron chi connectivity index (χ0n) is 63.9. The molecule has 0 fully saturated rings. The molecule has 0 aliphatic carbocycles. The molecule has 0 bridgehead atoms. The van der Waals surface area contributed by atoms with Crippen LogP contribution in [0, 0.1) is 0 Å². The Morgan fingerprint density at radius 2 is 0.582 bits per heavy atom. The molecule has 98 heavy (non-hydrogen) atoms. The third-order valence-electron chi connectivity index (χ3n) is 17.0. The van der Waals surface area contributed by atoms with Crippen LogP contribution in [0.4, 0.5) is 0 Å². The molecule has 9 nitrogen and oxygen atoms in total. The SMILES string of the molecule is CC/C=C\C/C=C\C/C=C\C/C=C\C/C=C\C/C=C\C/C=C\C/C=C\C/C=C\C/C=C\CCCCC(=O)OC(COC(=O)CCCCCCCCCCCCCCCCCCCCCCCCCCCC/C=C\C/C=C\C/C=C\CCCCCCC)COP(=O)([O-])OCC[N+](C)(C)C. The molecule has 0 N–H and O–H groups in total. The third kappa shape index (κ3) is 80.6. The number of quaternary nitrogens is 1. The maximum absolute atomic E-state index is 12.9. The lowest BCUT2D eigenvalue weighted by atomic mass is 10.0. The summed E-state index contributed by atoms with van der Waals surface area (Å²) < 4.78 is 34.3. The highest BCUT2D eigenvalue weighted by Crippen LogP contribution is 2.38. The Labute approximate surface area is 605 Å². The second-order valence-corrected chi connectivity index (χ2v) is 29.1. The molecule has 0 spiro atoms. The van der Waals surface area contributed by atoms with Gasteiger partial charge in [-0.2, -0.15) is 0 Å². The number of allylic oxidation sites excluding steroid dienone is 26. The lowest BCUT2D eigenvalue weighted by Crippen LogP contribution is -2.37. The maximum Gasteiger partial charge on any atom is 0.306 e. The van der Waals surface area contributed by atoms with Gasteiger partial charge in [0.2, 0.25) is 0 Å². The molecule has 0 aromatic rings. The minimum Gasteiger partial charge on any atom is -0.756 e. The van der Waals surface area contributed by atoms with E-state index in [-0.39, 0.29) is 26.1 Å². The minimum absolute atomic E-state index is 0.0461. The zero-order chi connectivity index (χ0) is 71.1. The number of rotatable bonds is 73. The average Bonchev–Trinajstić information content (AvgIpc) is 1.08. The van der Waals surface area contributed by atoms with Crippen LogP contribution in [0.15, 0.2) is 158 Å². The van der Waals surface area contributed by atoms with Gasteiger partial charge in [-0.3, -0.25) is 14.2 Å². The van der Waals surface area contributed by atoms with Crippen molar-refractivity contribution < 1.29 is 42.1 Å². The standard InChI is InChI=1S/C88H150NO8P/c1-6-8-10-12-14-16-18-20-22-24-26-28-30-32-34-36-38-40-41-42-43-44-45-46-47-49-50-52-54-56-58-60-62-64-66-68-70-72-74-76-78-80-87(90)94-84-86(85-96-98(92,93)95-83-82-89(3,4)5)97-88(91)81-79-77-75-73-71-69-67-65-63-61-59-57-55-53-51-48-39-37-35-33-31-29-27-25-23-21-19-17-15-13-11-9-7-2/h9,11,15,17-18,20-21,23-24,26-27,29-30,32-33,35,39,48,53,55,59,61,65,67,71,73,86H,6-8,10,12-14,16,19,22,25,28,31,34,36-38,40-47,49-52,54,56-58,60,62-64,66,68-70,72,74-85H2,1-5H3/b11-9-,17-15-,20-18-,23-21-,26-24-,29-27-,32-30-,35-33-,48-39-,55-53-,61-59-,67-65-,73-71-. The van der Waals surface area contributed by atoms with Crippen molar-refractivity contribution in [3.05, 3.63) is 158 Å². The van der Waals surface area contributed by atoms with E-state index in [9.17, 15) is 19.0 Å². The number of esters is 2. The van der Waals surface area contributed by atoms with Crippen LogP contribution >= 0.6 is 7.82 Å². The van der Waals surface area contributed by atoms with Gasteiger partial charge in [0.15, 0.2) is 6.10 Å². The summed E-state index contributed by atoms with van der Waals surface area (Å²) in [7, 11) is 1.13. The normalized spacial score (nSPS) is 13.9. The Bertz CT molecular complexity index is 2220. The number of ether oxygens (including phenoxy) is 2. The molecule has 560 valence electrons. The van der Waals surface area contributed by atoms with E-state index in [1.807, 2.05) is 21.1 Å². The smallest absolute Gasteiger partial charge is 0.306 e. The number of phosphoric acid groups is 1. The Kier molecular flexibility index (Phi) is 73.4.